The maximum atomic E-state index is 12.2. The molecule has 0 bridgehead atoms. The van der Waals surface area contributed by atoms with Gasteiger partial charge in [-0.2, -0.15) is 0 Å². The van der Waals surface area contributed by atoms with Gasteiger partial charge in [0.25, 0.3) is 0 Å². The molecule has 1 heterocycles. The van der Waals surface area contributed by atoms with E-state index in [2.05, 4.69) is 5.32 Å². The second-order valence-corrected chi connectivity index (χ2v) is 10.4. The molecule has 7 nitrogen and oxygen atoms in total. The van der Waals surface area contributed by atoms with Gasteiger partial charge in [-0.05, 0) is 60.1 Å². The summed E-state index contributed by atoms with van der Waals surface area (Å²) in [6, 6.07) is 15.3. The normalized spacial score (nSPS) is 16.9. The average molecular weight is 469 g/mol. The van der Waals surface area contributed by atoms with Crippen molar-refractivity contribution in [3.63, 3.8) is 0 Å². The molecule has 2 aromatic rings. The Balaban J connectivity index is 1.71. The summed E-state index contributed by atoms with van der Waals surface area (Å²) >= 11 is 0. The fourth-order valence-corrected chi connectivity index (χ4v) is 3.30. The average Bonchev–Trinajstić information content (AvgIpc) is 2.94. The molecule has 1 N–H and O–H groups in total. The zero-order valence-electron chi connectivity index (χ0n) is 21.3. The first-order chi connectivity index (χ1) is 15.9. The van der Waals surface area contributed by atoms with Crippen molar-refractivity contribution in [2.75, 3.05) is 18.5 Å². The van der Waals surface area contributed by atoms with E-state index in [1.165, 1.54) is 0 Å². The summed E-state index contributed by atoms with van der Waals surface area (Å²) in [4.78, 5) is 12.2. The minimum absolute atomic E-state index is 0.329. The lowest BCUT2D eigenvalue weighted by Gasteiger charge is -2.32. The van der Waals surface area contributed by atoms with Crippen molar-refractivity contribution >= 4 is 24.4 Å². The van der Waals surface area contributed by atoms with Crippen LogP contribution in [0.3, 0.4) is 0 Å². The molecule has 1 amide bonds. The molecule has 3 rings (SSSR count). The number of carbonyl (C=O) groups is 1. The molecule has 1 saturated heterocycles. The number of hydrogen-bond acceptors (Lipinski definition) is 6. The van der Waals surface area contributed by atoms with Gasteiger partial charge in [-0.1, -0.05) is 36.4 Å². The molecular weight excluding hydrogens is 433 g/mol. The summed E-state index contributed by atoms with van der Waals surface area (Å²) in [6.07, 6.45) is -0.534. The van der Waals surface area contributed by atoms with Crippen molar-refractivity contribution < 1.29 is 28.3 Å². The highest BCUT2D eigenvalue weighted by molar-refractivity contribution is 6.63. The lowest BCUT2D eigenvalue weighted by Crippen LogP contribution is -2.41. The number of nitrogens with one attached hydrogen (secondary N) is 1. The van der Waals surface area contributed by atoms with E-state index in [1.807, 2.05) is 84.9 Å². The van der Waals surface area contributed by atoms with Gasteiger partial charge in [-0.15, -0.1) is 0 Å². The Morgan fingerprint density at radius 1 is 0.971 bits per heavy atom. The third-order valence-electron chi connectivity index (χ3n) is 5.76. The van der Waals surface area contributed by atoms with Crippen LogP contribution in [-0.4, -0.2) is 43.2 Å². The van der Waals surface area contributed by atoms with E-state index in [-0.39, 0.29) is 0 Å². The number of rotatable bonds is 8. The minimum Gasteiger partial charge on any atom is -0.491 e. The molecule has 8 heteroatoms. The molecule has 0 aromatic heterocycles. The van der Waals surface area contributed by atoms with Crippen molar-refractivity contribution in [3.8, 4) is 5.75 Å². The van der Waals surface area contributed by atoms with Crippen LogP contribution < -0.4 is 15.5 Å². The van der Waals surface area contributed by atoms with Crippen LogP contribution in [0.4, 0.5) is 10.5 Å². The molecule has 2 aromatic carbocycles. The van der Waals surface area contributed by atoms with E-state index in [4.69, 9.17) is 23.5 Å². The van der Waals surface area contributed by atoms with E-state index < -0.39 is 30.0 Å². The Bertz CT molecular complexity index is 955. The van der Waals surface area contributed by atoms with Crippen LogP contribution >= 0.6 is 0 Å². The molecule has 184 valence electrons. The van der Waals surface area contributed by atoms with Crippen molar-refractivity contribution in [2.45, 2.75) is 71.9 Å². The van der Waals surface area contributed by atoms with E-state index in [0.29, 0.717) is 31.3 Å². The van der Waals surface area contributed by atoms with Crippen LogP contribution in [0.25, 0.3) is 0 Å². The Morgan fingerprint density at radius 3 is 2.24 bits per heavy atom. The number of hydrogen-bond donors (Lipinski definition) is 1. The van der Waals surface area contributed by atoms with Crippen molar-refractivity contribution in [1.82, 2.24) is 0 Å². The highest BCUT2D eigenvalue weighted by Gasteiger charge is 2.52. The van der Waals surface area contributed by atoms with Gasteiger partial charge >= 0.3 is 13.2 Å². The standard InChI is InChI=1S/C26H36BNO6/c1-24(2,3)32-23(29)28-20-13-14-21(27-33-25(4,5)26(6,7)34-27)22(17-20)31-16-15-30-18-19-11-9-8-10-12-19/h8-14,17H,15-16,18H2,1-7H3,(H,28,29). The summed E-state index contributed by atoms with van der Waals surface area (Å²) < 4.78 is 29.6. The van der Waals surface area contributed by atoms with Crippen LogP contribution in [0.15, 0.2) is 48.5 Å². The van der Waals surface area contributed by atoms with Gasteiger partial charge in [0.05, 0.1) is 24.4 Å². The van der Waals surface area contributed by atoms with Crippen molar-refractivity contribution in [3.05, 3.63) is 54.1 Å². The van der Waals surface area contributed by atoms with Gasteiger partial charge in [0.2, 0.25) is 0 Å². The third kappa shape index (κ3) is 6.98. The van der Waals surface area contributed by atoms with Crippen LogP contribution in [-0.2, 0) is 25.4 Å². The minimum atomic E-state index is -0.596. The van der Waals surface area contributed by atoms with E-state index in [1.54, 1.807) is 12.1 Å². The summed E-state index contributed by atoms with van der Waals surface area (Å²) in [7, 11) is -0.596. The van der Waals surface area contributed by atoms with Crippen molar-refractivity contribution in [2.24, 2.45) is 0 Å². The number of amides is 1. The molecule has 1 aliphatic heterocycles. The summed E-state index contributed by atoms with van der Waals surface area (Å²) in [6.45, 7) is 14.7. The van der Waals surface area contributed by atoms with Crippen LogP contribution in [0, 0.1) is 0 Å². The molecule has 0 radical (unpaired) electrons. The smallest absolute Gasteiger partial charge is 0.491 e. The topological polar surface area (TPSA) is 75.3 Å². The highest BCUT2D eigenvalue weighted by atomic mass is 16.7. The molecule has 0 saturated carbocycles. The monoisotopic (exact) mass is 469 g/mol. The van der Waals surface area contributed by atoms with Gasteiger partial charge in [-0.3, -0.25) is 5.32 Å². The molecule has 1 fully saturated rings. The molecule has 0 atom stereocenters. The number of benzene rings is 2. The fourth-order valence-electron chi connectivity index (χ4n) is 3.30. The SMILES string of the molecule is CC(C)(C)OC(=O)Nc1ccc(B2OC(C)(C)C(C)(C)O2)c(OCCOCc2ccccc2)c1. The van der Waals surface area contributed by atoms with E-state index in [9.17, 15) is 4.79 Å². The van der Waals surface area contributed by atoms with E-state index in [0.717, 1.165) is 11.0 Å². The van der Waals surface area contributed by atoms with Gasteiger partial charge in [0.15, 0.2) is 0 Å². The zero-order chi connectivity index (χ0) is 25.0. The maximum absolute atomic E-state index is 12.2. The Morgan fingerprint density at radius 2 is 1.62 bits per heavy atom. The maximum Gasteiger partial charge on any atom is 0.498 e. The quantitative estimate of drug-likeness (QED) is 0.437. The molecule has 0 unspecified atom stereocenters. The predicted octanol–water partition coefficient (Wildman–Crippen LogP) is 4.93. The third-order valence-corrected chi connectivity index (χ3v) is 5.76. The first-order valence-electron chi connectivity index (χ1n) is 11.6. The van der Waals surface area contributed by atoms with Crippen LogP contribution in [0.5, 0.6) is 5.75 Å². The van der Waals surface area contributed by atoms with E-state index >= 15 is 0 Å². The lowest BCUT2D eigenvalue weighted by atomic mass is 9.78. The molecule has 0 spiro atoms. The Hall–Kier alpha value is -2.55. The second-order valence-electron chi connectivity index (χ2n) is 10.4. The second kappa shape index (κ2) is 10.4. The number of anilines is 1. The predicted molar refractivity (Wildman–Crippen MR) is 134 cm³/mol. The number of ether oxygens (including phenoxy) is 3. The van der Waals surface area contributed by atoms with Gasteiger partial charge < -0.3 is 23.5 Å². The summed E-state index contributed by atoms with van der Waals surface area (Å²) in [5.41, 5.74) is 0.833. The highest BCUT2D eigenvalue weighted by Crippen LogP contribution is 2.37. The lowest BCUT2D eigenvalue weighted by molar-refractivity contribution is 0.00578. The molecule has 1 aliphatic rings. The largest absolute Gasteiger partial charge is 0.498 e. The summed E-state index contributed by atoms with van der Waals surface area (Å²) in [5.74, 6) is 0.551. The van der Waals surface area contributed by atoms with Crippen molar-refractivity contribution in [1.29, 1.82) is 0 Å². The molecule has 0 aliphatic carbocycles. The van der Waals surface area contributed by atoms with Crippen LogP contribution in [0.2, 0.25) is 0 Å². The first kappa shape index (κ1) is 26.1. The molecular formula is C26H36BNO6. The fraction of sp³-hybridized carbons (Fsp3) is 0.500. The van der Waals surface area contributed by atoms with Gasteiger partial charge in [-0.25, -0.2) is 4.79 Å². The summed E-state index contributed by atoms with van der Waals surface area (Å²) in [5, 5.41) is 2.76. The van der Waals surface area contributed by atoms with Gasteiger partial charge in [0.1, 0.15) is 18.0 Å². The number of carbonyl (C=O) groups excluding carboxylic acids is 1. The first-order valence-corrected chi connectivity index (χ1v) is 11.6. The van der Waals surface area contributed by atoms with Crippen LogP contribution in [0.1, 0.15) is 54.0 Å². The van der Waals surface area contributed by atoms with Gasteiger partial charge in [0, 0.05) is 17.2 Å². The Kier molecular flexibility index (Phi) is 7.96. The zero-order valence-corrected chi connectivity index (χ0v) is 21.3. The Labute approximate surface area is 203 Å². The molecule has 34 heavy (non-hydrogen) atoms.